The van der Waals surface area contributed by atoms with Crippen LogP contribution in [-0.2, 0) is 11.0 Å². The van der Waals surface area contributed by atoms with Gasteiger partial charge in [-0.05, 0) is 64.2 Å². The zero-order chi connectivity index (χ0) is 19.7. The fourth-order valence-corrected chi connectivity index (χ4v) is 6.43. The van der Waals surface area contributed by atoms with E-state index in [0.29, 0.717) is 5.56 Å². The van der Waals surface area contributed by atoms with Gasteiger partial charge in [0.2, 0.25) is 0 Å². The summed E-state index contributed by atoms with van der Waals surface area (Å²) >= 11 is 0. The van der Waals surface area contributed by atoms with Crippen LogP contribution in [0.2, 0.25) is 0 Å². The van der Waals surface area contributed by atoms with Crippen molar-refractivity contribution in [3.8, 4) is 23.0 Å². The second kappa shape index (κ2) is 5.82. The molecule has 1 heterocycles. The third kappa shape index (κ3) is 2.06. The van der Waals surface area contributed by atoms with Crippen LogP contribution in [0.25, 0.3) is 0 Å². The summed E-state index contributed by atoms with van der Waals surface area (Å²) in [5.41, 5.74) is 2.71. The quantitative estimate of drug-likeness (QED) is 0.626. The molecule has 28 heavy (non-hydrogen) atoms. The van der Waals surface area contributed by atoms with Gasteiger partial charge in [-0.2, -0.15) is 0 Å². The molecule has 0 radical (unpaired) electrons. The Kier molecular flexibility index (Phi) is 3.68. The summed E-state index contributed by atoms with van der Waals surface area (Å²) in [4.78, 5) is 0. The van der Waals surface area contributed by atoms with E-state index in [-0.39, 0.29) is 28.6 Å². The van der Waals surface area contributed by atoms with Crippen molar-refractivity contribution in [2.45, 2.75) is 69.8 Å². The molecule has 1 spiro atoms. The van der Waals surface area contributed by atoms with Crippen LogP contribution in [0.15, 0.2) is 24.3 Å². The standard InChI is InChI=1S/C24H28O4/c1-14-18(25)9-7-16(21(14)27)24-13-5-6-20(24)23(11-3-4-12-23)17-8-10-19(26)15(2)22(17)28-24/h7-10,20,25-27H,3-6,11-13H2,1-2H3/t20-,24-/m1/s1. The molecule has 148 valence electrons. The van der Waals surface area contributed by atoms with E-state index in [1.54, 1.807) is 13.0 Å². The lowest BCUT2D eigenvalue weighted by Crippen LogP contribution is -2.51. The van der Waals surface area contributed by atoms with Crippen molar-refractivity contribution >= 4 is 0 Å². The zero-order valence-corrected chi connectivity index (χ0v) is 16.6. The Morgan fingerprint density at radius 2 is 1.46 bits per heavy atom. The summed E-state index contributed by atoms with van der Waals surface area (Å²) in [5.74, 6) is 1.58. The maximum atomic E-state index is 11.0. The summed E-state index contributed by atoms with van der Waals surface area (Å²) < 4.78 is 6.80. The van der Waals surface area contributed by atoms with Gasteiger partial charge in [-0.1, -0.05) is 18.9 Å². The van der Waals surface area contributed by atoms with Crippen molar-refractivity contribution in [2.75, 3.05) is 0 Å². The first-order valence-corrected chi connectivity index (χ1v) is 10.4. The molecule has 0 bridgehead atoms. The number of rotatable bonds is 1. The fourth-order valence-electron chi connectivity index (χ4n) is 6.43. The van der Waals surface area contributed by atoms with Crippen LogP contribution < -0.4 is 4.74 Å². The topological polar surface area (TPSA) is 69.9 Å². The van der Waals surface area contributed by atoms with Crippen molar-refractivity contribution in [1.82, 2.24) is 0 Å². The molecule has 3 aliphatic rings. The van der Waals surface area contributed by atoms with Gasteiger partial charge in [0.05, 0.1) is 0 Å². The largest absolute Gasteiger partial charge is 0.508 e. The predicted molar refractivity (Wildman–Crippen MR) is 107 cm³/mol. The van der Waals surface area contributed by atoms with E-state index < -0.39 is 5.60 Å². The van der Waals surface area contributed by atoms with Gasteiger partial charge in [-0.15, -0.1) is 0 Å². The average molecular weight is 380 g/mol. The maximum absolute atomic E-state index is 11.0. The number of ether oxygens (including phenoxy) is 1. The van der Waals surface area contributed by atoms with Crippen molar-refractivity contribution in [2.24, 2.45) is 5.92 Å². The first kappa shape index (κ1) is 17.7. The highest BCUT2D eigenvalue weighted by Gasteiger charge is 2.62. The van der Waals surface area contributed by atoms with Gasteiger partial charge in [0, 0.05) is 33.6 Å². The van der Waals surface area contributed by atoms with Crippen LogP contribution in [0.4, 0.5) is 0 Å². The normalized spacial score (nSPS) is 27.4. The molecule has 4 nitrogen and oxygen atoms in total. The summed E-state index contributed by atoms with van der Waals surface area (Å²) in [7, 11) is 0. The summed E-state index contributed by atoms with van der Waals surface area (Å²) in [5, 5.41) is 31.4. The van der Waals surface area contributed by atoms with Gasteiger partial charge in [0.15, 0.2) is 0 Å². The van der Waals surface area contributed by atoms with Gasteiger partial charge in [-0.25, -0.2) is 0 Å². The first-order chi connectivity index (χ1) is 13.4. The number of benzene rings is 2. The Balaban J connectivity index is 1.80. The molecule has 0 unspecified atom stereocenters. The Morgan fingerprint density at radius 3 is 2.18 bits per heavy atom. The molecule has 0 aromatic heterocycles. The maximum Gasteiger partial charge on any atom is 0.141 e. The third-order valence-electron chi connectivity index (χ3n) is 7.82. The molecule has 5 rings (SSSR count). The number of phenolic OH excluding ortho intramolecular Hbond substituents is 3. The molecule has 2 aliphatic carbocycles. The first-order valence-electron chi connectivity index (χ1n) is 10.4. The molecule has 2 aromatic carbocycles. The van der Waals surface area contributed by atoms with Crippen LogP contribution in [0.1, 0.15) is 67.2 Å². The highest BCUT2D eigenvalue weighted by Crippen LogP contribution is 2.66. The Labute approximate surface area is 165 Å². The second-order valence-corrected chi connectivity index (χ2v) is 8.99. The van der Waals surface area contributed by atoms with E-state index in [1.165, 1.54) is 18.4 Å². The lowest BCUT2D eigenvalue weighted by Gasteiger charge is -2.52. The van der Waals surface area contributed by atoms with E-state index in [2.05, 4.69) is 6.07 Å². The highest BCUT2D eigenvalue weighted by atomic mass is 16.5. The molecule has 2 atom stereocenters. The molecule has 2 saturated carbocycles. The van der Waals surface area contributed by atoms with Gasteiger partial charge in [0.25, 0.3) is 0 Å². The van der Waals surface area contributed by atoms with Crippen molar-refractivity contribution in [1.29, 1.82) is 0 Å². The molecule has 2 aromatic rings. The molecule has 0 saturated heterocycles. The monoisotopic (exact) mass is 380 g/mol. The lowest BCUT2D eigenvalue weighted by atomic mass is 9.60. The van der Waals surface area contributed by atoms with E-state index >= 15 is 0 Å². The number of hydrogen-bond acceptors (Lipinski definition) is 4. The van der Waals surface area contributed by atoms with E-state index in [0.717, 1.165) is 49.0 Å². The molecular weight excluding hydrogens is 352 g/mol. The summed E-state index contributed by atoms with van der Waals surface area (Å²) in [6, 6.07) is 7.38. The number of hydrogen-bond donors (Lipinski definition) is 3. The molecular formula is C24H28O4. The lowest BCUT2D eigenvalue weighted by molar-refractivity contribution is -0.0372. The average Bonchev–Trinajstić information content (AvgIpc) is 3.32. The van der Waals surface area contributed by atoms with Crippen molar-refractivity contribution in [3.05, 3.63) is 46.5 Å². The Hall–Kier alpha value is -2.36. The summed E-state index contributed by atoms with van der Waals surface area (Å²) in [6.45, 7) is 3.66. The predicted octanol–water partition coefficient (Wildman–Crippen LogP) is 5.32. The van der Waals surface area contributed by atoms with Gasteiger partial charge >= 0.3 is 0 Å². The molecule has 2 fully saturated rings. The molecule has 0 amide bonds. The van der Waals surface area contributed by atoms with Gasteiger partial charge in [-0.3, -0.25) is 0 Å². The van der Waals surface area contributed by atoms with E-state index in [4.69, 9.17) is 4.74 Å². The second-order valence-electron chi connectivity index (χ2n) is 8.99. The minimum Gasteiger partial charge on any atom is -0.508 e. The molecule has 4 heteroatoms. The minimum absolute atomic E-state index is 0.0285. The van der Waals surface area contributed by atoms with Crippen molar-refractivity contribution in [3.63, 3.8) is 0 Å². The van der Waals surface area contributed by atoms with Crippen molar-refractivity contribution < 1.29 is 20.1 Å². The molecule has 3 N–H and O–H groups in total. The van der Waals surface area contributed by atoms with Crippen LogP contribution >= 0.6 is 0 Å². The highest BCUT2D eigenvalue weighted by molar-refractivity contribution is 5.58. The number of aromatic hydroxyl groups is 3. The van der Waals surface area contributed by atoms with Crippen LogP contribution in [-0.4, -0.2) is 15.3 Å². The van der Waals surface area contributed by atoms with E-state index in [9.17, 15) is 15.3 Å². The minimum atomic E-state index is -0.613. The van der Waals surface area contributed by atoms with Crippen LogP contribution in [0.3, 0.4) is 0 Å². The third-order valence-corrected chi connectivity index (χ3v) is 7.82. The summed E-state index contributed by atoms with van der Waals surface area (Å²) in [6.07, 6.45) is 7.60. The van der Waals surface area contributed by atoms with Gasteiger partial charge < -0.3 is 20.1 Å². The van der Waals surface area contributed by atoms with E-state index in [1.807, 2.05) is 19.1 Å². The Bertz CT molecular complexity index is 958. The van der Waals surface area contributed by atoms with Gasteiger partial charge in [0.1, 0.15) is 28.6 Å². The molecule has 1 aliphatic heterocycles. The smallest absolute Gasteiger partial charge is 0.141 e. The fraction of sp³-hybridized carbons (Fsp3) is 0.500. The SMILES string of the molecule is Cc1c(O)ccc([C@]23CCC[C@@H]2C2(CCCC2)c2ccc(O)c(C)c2O3)c1O. The zero-order valence-electron chi connectivity index (χ0n) is 16.6. The number of phenols is 3. The van der Waals surface area contributed by atoms with Crippen LogP contribution in [0, 0.1) is 19.8 Å². The number of fused-ring (bicyclic) bond motifs is 4. The van der Waals surface area contributed by atoms with Crippen LogP contribution in [0.5, 0.6) is 23.0 Å². The Morgan fingerprint density at radius 1 is 0.821 bits per heavy atom.